The Kier molecular flexibility index (Phi) is 6.79. The highest BCUT2D eigenvalue weighted by molar-refractivity contribution is 7.93. The van der Waals surface area contributed by atoms with Crippen molar-refractivity contribution < 1.29 is 16.8 Å². The molecule has 0 saturated carbocycles. The maximum Gasteiger partial charge on any atom is 0.232 e. The molecule has 0 unspecified atom stereocenters. The summed E-state index contributed by atoms with van der Waals surface area (Å²) in [7, 11) is -7.02. The highest BCUT2D eigenvalue weighted by atomic mass is 35.5. The van der Waals surface area contributed by atoms with E-state index in [4.69, 9.17) is 23.2 Å². The van der Waals surface area contributed by atoms with E-state index in [0.29, 0.717) is 12.8 Å². The molecule has 0 aliphatic heterocycles. The third kappa shape index (κ3) is 5.83. The summed E-state index contributed by atoms with van der Waals surface area (Å²) in [5.41, 5.74) is 0.220. The summed E-state index contributed by atoms with van der Waals surface area (Å²) in [6.45, 7) is 3.47. The third-order valence-corrected chi connectivity index (χ3v) is 6.11. The van der Waals surface area contributed by atoms with E-state index in [0.717, 1.165) is 0 Å². The zero-order chi connectivity index (χ0) is 17.0. The van der Waals surface area contributed by atoms with Gasteiger partial charge in [0, 0.05) is 0 Å². The van der Waals surface area contributed by atoms with Gasteiger partial charge in [0.2, 0.25) is 20.0 Å². The number of rotatable bonds is 8. The molecule has 0 aromatic heterocycles. The summed E-state index contributed by atoms with van der Waals surface area (Å²) in [5.74, 6) is -0.0995. The molecule has 2 N–H and O–H groups in total. The Morgan fingerprint density at radius 2 is 1.14 bits per heavy atom. The molecule has 1 rings (SSSR count). The molecule has 0 aliphatic rings. The molecule has 0 radical (unpaired) electrons. The topological polar surface area (TPSA) is 92.3 Å². The van der Waals surface area contributed by atoms with Crippen molar-refractivity contribution >= 4 is 54.6 Å². The van der Waals surface area contributed by atoms with Crippen molar-refractivity contribution in [2.45, 2.75) is 26.7 Å². The largest absolute Gasteiger partial charge is 0.282 e. The fraction of sp³-hybridized carbons (Fsp3) is 0.500. The van der Waals surface area contributed by atoms with Gasteiger partial charge in [-0.05, 0) is 25.0 Å². The first-order valence-electron chi connectivity index (χ1n) is 6.60. The zero-order valence-electron chi connectivity index (χ0n) is 12.2. The maximum absolute atomic E-state index is 11.7. The Morgan fingerprint density at radius 3 is 1.41 bits per heavy atom. The van der Waals surface area contributed by atoms with Crippen LogP contribution in [0.4, 0.5) is 11.4 Å². The van der Waals surface area contributed by atoms with Crippen molar-refractivity contribution in [1.29, 1.82) is 0 Å². The average molecular weight is 389 g/mol. The molecule has 1 aromatic carbocycles. The van der Waals surface area contributed by atoms with Gasteiger partial charge in [-0.25, -0.2) is 16.8 Å². The van der Waals surface area contributed by atoms with Gasteiger partial charge in [0.15, 0.2) is 0 Å². The molecule has 6 nitrogen and oxygen atoms in total. The van der Waals surface area contributed by atoms with E-state index in [2.05, 4.69) is 9.44 Å². The lowest BCUT2D eigenvalue weighted by Gasteiger charge is -2.13. The molecule has 22 heavy (non-hydrogen) atoms. The lowest BCUT2D eigenvalue weighted by molar-refractivity contribution is 0.598. The van der Waals surface area contributed by atoms with Crippen LogP contribution in [0.5, 0.6) is 0 Å². The van der Waals surface area contributed by atoms with Gasteiger partial charge < -0.3 is 0 Å². The SMILES string of the molecule is CCCS(=O)(=O)Nc1cc(Cl)c(NS(=O)(=O)CCC)cc1Cl. The molecule has 10 heteroatoms. The van der Waals surface area contributed by atoms with Gasteiger partial charge in [-0.3, -0.25) is 9.44 Å². The van der Waals surface area contributed by atoms with Crippen molar-refractivity contribution in [3.63, 3.8) is 0 Å². The summed E-state index contributed by atoms with van der Waals surface area (Å²) in [6.07, 6.45) is 0.908. The number of anilines is 2. The standard InChI is InChI=1S/C12H18Cl2N2O4S2/c1-3-5-21(17,18)15-11-7-10(14)12(8-9(11)13)16-22(19,20)6-4-2/h7-8,15-16H,3-6H2,1-2H3. The average Bonchev–Trinajstić information content (AvgIpc) is 2.34. The molecule has 0 atom stereocenters. The number of hydrogen-bond donors (Lipinski definition) is 2. The normalized spacial score (nSPS) is 12.2. The summed E-state index contributed by atoms with van der Waals surface area (Å²) in [6, 6.07) is 2.56. The van der Waals surface area contributed by atoms with Gasteiger partial charge in [-0.15, -0.1) is 0 Å². The number of hydrogen-bond acceptors (Lipinski definition) is 4. The van der Waals surface area contributed by atoms with Gasteiger partial charge in [0.05, 0.1) is 32.9 Å². The third-order valence-electron chi connectivity index (χ3n) is 2.53. The Morgan fingerprint density at radius 1 is 0.818 bits per heavy atom. The Hall–Kier alpha value is -0.700. The summed E-state index contributed by atoms with van der Waals surface area (Å²) in [5, 5.41) is 0.108. The molecule has 0 spiro atoms. The highest BCUT2D eigenvalue weighted by Crippen LogP contribution is 2.33. The monoisotopic (exact) mass is 388 g/mol. The molecule has 0 saturated heterocycles. The Bertz CT molecular complexity index is 670. The number of halogens is 2. The van der Waals surface area contributed by atoms with Crippen LogP contribution < -0.4 is 9.44 Å². The van der Waals surface area contributed by atoms with Crippen LogP contribution in [0.3, 0.4) is 0 Å². The van der Waals surface area contributed by atoms with Crippen LogP contribution in [0.25, 0.3) is 0 Å². The smallest absolute Gasteiger partial charge is 0.232 e. The van der Waals surface area contributed by atoms with Crippen LogP contribution in [0.15, 0.2) is 12.1 Å². The van der Waals surface area contributed by atoms with E-state index >= 15 is 0 Å². The predicted octanol–water partition coefficient (Wildman–Crippen LogP) is 3.30. The van der Waals surface area contributed by atoms with Crippen molar-refractivity contribution in [1.82, 2.24) is 0 Å². The van der Waals surface area contributed by atoms with Crippen LogP contribution in [-0.4, -0.2) is 28.3 Å². The minimum absolute atomic E-state index is 0.0498. The first-order valence-corrected chi connectivity index (χ1v) is 10.7. The lowest BCUT2D eigenvalue weighted by Crippen LogP contribution is -2.18. The van der Waals surface area contributed by atoms with Crippen molar-refractivity contribution in [3.05, 3.63) is 22.2 Å². The predicted molar refractivity (Wildman–Crippen MR) is 91.9 cm³/mol. The number of sulfonamides is 2. The Balaban J connectivity index is 3.08. The van der Waals surface area contributed by atoms with E-state index in [-0.39, 0.29) is 32.9 Å². The molecular weight excluding hydrogens is 371 g/mol. The number of benzene rings is 1. The summed E-state index contributed by atoms with van der Waals surface area (Å²) < 4.78 is 51.6. The van der Waals surface area contributed by atoms with E-state index in [1.807, 2.05) is 0 Å². The fourth-order valence-corrected chi connectivity index (χ4v) is 4.50. The minimum atomic E-state index is -3.51. The molecule has 0 fully saturated rings. The van der Waals surface area contributed by atoms with Crippen LogP contribution in [-0.2, 0) is 20.0 Å². The quantitative estimate of drug-likeness (QED) is 0.714. The van der Waals surface area contributed by atoms with E-state index < -0.39 is 20.0 Å². The second kappa shape index (κ2) is 7.72. The van der Waals surface area contributed by atoms with Gasteiger partial charge in [0.1, 0.15) is 0 Å². The van der Waals surface area contributed by atoms with Gasteiger partial charge in [0.25, 0.3) is 0 Å². The molecule has 0 heterocycles. The molecule has 0 amide bonds. The molecular formula is C12H18Cl2N2O4S2. The summed E-state index contributed by atoms with van der Waals surface area (Å²) >= 11 is 12.0. The lowest BCUT2D eigenvalue weighted by atomic mass is 10.3. The molecule has 0 aliphatic carbocycles. The van der Waals surface area contributed by atoms with E-state index in [9.17, 15) is 16.8 Å². The first kappa shape index (κ1) is 19.3. The molecule has 0 bridgehead atoms. The zero-order valence-corrected chi connectivity index (χ0v) is 15.3. The van der Waals surface area contributed by atoms with Crippen LogP contribution >= 0.6 is 23.2 Å². The number of nitrogens with one attached hydrogen (secondary N) is 2. The van der Waals surface area contributed by atoms with Crippen molar-refractivity contribution in [2.75, 3.05) is 20.9 Å². The molecule has 126 valence electrons. The van der Waals surface area contributed by atoms with Gasteiger partial charge in [-0.1, -0.05) is 37.0 Å². The van der Waals surface area contributed by atoms with Crippen LogP contribution in [0, 0.1) is 0 Å². The van der Waals surface area contributed by atoms with E-state index in [1.165, 1.54) is 12.1 Å². The van der Waals surface area contributed by atoms with Crippen molar-refractivity contribution in [2.24, 2.45) is 0 Å². The van der Waals surface area contributed by atoms with Crippen LogP contribution in [0.1, 0.15) is 26.7 Å². The second-order valence-electron chi connectivity index (χ2n) is 4.65. The minimum Gasteiger partial charge on any atom is -0.282 e. The van der Waals surface area contributed by atoms with Crippen molar-refractivity contribution in [3.8, 4) is 0 Å². The van der Waals surface area contributed by atoms with Gasteiger partial charge >= 0.3 is 0 Å². The Labute approximate surface area is 141 Å². The van der Waals surface area contributed by atoms with Gasteiger partial charge in [-0.2, -0.15) is 0 Å². The maximum atomic E-state index is 11.7. The first-order chi connectivity index (χ1) is 10.1. The summed E-state index contributed by atoms with van der Waals surface area (Å²) in [4.78, 5) is 0. The fourth-order valence-electron chi connectivity index (χ4n) is 1.68. The second-order valence-corrected chi connectivity index (χ2v) is 9.15. The van der Waals surface area contributed by atoms with Crippen LogP contribution in [0.2, 0.25) is 10.0 Å². The highest BCUT2D eigenvalue weighted by Gasteiger charge is 2.16. The van der Waals surface area contributed by atoms with E-state index in [1.54, 1.807) is 13.8 Å². The molecule has 1 aromatic rings.